The topological polar surface area (TPSA) is 126 Å². The lowest BCUT2D eigenvalue weighted by Crippen LogP contribution is -2.45. The first-order valence-corrected chi connectivity index (χ1v) is 13.9. The van der Waals surface area contributed by atoms with Gasteiger partial charge in [-0.05, 0) is 69.6 Å². The summed E-state index contributed by atoms with van der Waals surface area (Å²) in [5.74, 6) is -0.611. The van der Waals surface area contributed by atoms with Crippen molar-refractivity contribution in [3.63, 3.8) is 0 Å². The maximum absolute atomic E-state index is 13.2. The third-order valence-electron chi connectivity index (χ3n) is 6.71. The van der Waals surface area contributed by atoms with Gasteiger partial charge in [0.15, 0.2) is 0 Å². The summed E-state index contributed by atoms with van der Waals surface area (Å²) >= 11 is 0.812. The zero-order valence-corrected chi connectivity index (χ0v) is 22.3. The first-order valence-electron chi connectivity index (χ1n) is 11.6. The Balaban J connectivity index is 1.67. The number of anilines is 2. The van der Waals surface area contributed by atoms with Crippen LogP contribution in [0.1, 0.15) is 74.2 Å². The summed E-state index contributed by atoms with van der Waals surface area (Å²) in [5, 5.41) is 15.4. The molecule has 0 bridgehead atoms. The molecule has 1 aromatic heterocycles. The fourth-order valence-corrected chi connectivity index (χ4v) is 5.73. The Bertz CT molecular complexity index is 1320. The molecule has 1 fully saturated rings. The highest BCUT2D eigenvalue weighted by Gasteiger charge is 2.46. The molecule has 0 radical (unpaired) electrons. The van der Waals surface area contributed by atoms with E-state index in [4.69, 9.17) is 4.74 Å². The Morgan fingerprint density at radius 1 is 1.22 bits per heavy atom. The summed E-state index contributed by atoms with van der Waals surface area (Å²) in [4.78, 5) is 14.2. The van der Waals surface area contributed by atoms with E-state index in [2.05, 4.69) is 20.4 Å². The van der Waals surface area contributed by atoms with Crippen molar-refractivity contribution >= 4 is 49.5 Å². The number of carbonyl (C=O) groups is 1. The second-order valence-electron chi connectivity index (χ2n) is 9.86. The number of fused-ring (bicyclic) bond motifs is 1. The molecule has 1 N–H and O–H groups in total. The quantitative estimate of drug-likeness (QED) is 0.337. The molecule has 202 valence electrons. The minimum Gasteiger partial charge on any atom is -0.457 e. The number of rotatable bonds is 6. The van der Waals surface area contributed by atoms with Crippen molar-refractivity contribution in [2.45, 2.75) is 75.9 Å². The molecule has 0 amide bonds. The van der Waals surface area contributed by atoms with E-state index in [9.17, 15) is 26.4 Å². The number of azo groups is 1. The largest absolute Gasteiger partial charge is 0.516 e. The van der Waals surface area contributed by atoms with E-state index in [1.807, 2.05) is 25.7 Å². The van der Waals surface area contributed by atoms with Crippen LogP contribution in [0.2, 0.25) is 0 Å². The molecule has 1 atom stereocenters. The summed E-state index contributed by atoms with van der Waals surface area (Å²) in [7, 11) is -3.92. The third-order valence-corrected chi connectivity index (χ3v) is 8.59. The number of sulfonamides is 1. The van der Waals surface area contributed by atoms with Gasteiger partial charge in [-0.15, -0.1) is 20.4 Å². The zero-order chi connectivity index (χ0) is 27.2. The summed E-state index contributed by atoms with van der Waals surface area (Å²) < 4.78 is 70.3. The van der Waals surface area contributed by atoms with Crippen LogP contribution in [0.4, 0.5) is 35.4 Å². The van der Waals surface area contributed by atoms with E-state index >= 15 is 0 Å². The van der Waals surface area contributed by atoms with Crippen LogP contribution < -0.4 is 9.62 Å². The normalized spacial score (nSPS) is 20.3. The molecular formula is C22H27F3N6O4S2. The first-order chi connectivity index (χ1) is 17.2. The van der Waals surface area contributed by atoms with Crippen molar-refractivity contribution in [3.05, 3.63) is 22.7 Å². The van der Waals surface area contributed by atoms with E-state index in [-0.39, 0.29) is 39.1 Å². The number of nitrogens with one attached hydrogen (secondary N) is 1. The molecule has 1 aliphatic heterocycles. The molecule has 15 heteroatoms. The van der Waals surface area contributed by atoms with Gasteiger partial charge in [-0.2, -0.15) is 21.6 Å². The van der Waals surface area contributed by atoms with Gasteiger partial charge in [0.1, 0.15) is 11.8 Å². The lowest BCUT2D eigenvalue weighted by molar-refractivity contribution is -0.0429. The number of aromatic nitrogens is 2. The maximum atomic E-state index is 13.2. The molecule has 1 aromatic carbocycles. The number of ether oxygens (including phenoxy) is 1. The lowest BCUT2D eigenvalue weighted by atomic mass is 9.80. The minimum atomic E-state index is -5.72. The molecule has 10 nitrogen and oxygen atoms in total. The molecule has 0 saturated heterocycles. The van der Waals surface area contributed by atoms with Gasteiger partial charge in [0.25, 0.3) is 5.13 Å². The standard InChI is InChI=1S/C22H27F3N6O4S2/c1-12-11-21(2,3)31(4)17-10-16(30-37(33,34)22(23,24)25)15(9-14(12)17)26-28-20-29-27-18(36-20)19(32)35-13-7-5-6-8-13/h9-10,12-13,30H,5-8,11H2,1-4H3. The molecule has 1 aliphatic carbocycles. The van der Waals surface area contributed by atoms with Crippen LogP contribution in [0.15, 0.2) is 22.4 Å². The van der Waals surface area contributed by atoms with Gasteiger partial charge in [-0.1, -0.05) is 18.3 Å². The van der Waals surface area contributed by atoms with Gasteiger partial charge in [-0.25, -0.2) is 4.79 Å². The molecule has 0 spiro atoms. The van der Waals surface area contributed by atoms with Gasteiger partial charge in [0.05, 0.1) is 5.69 Å². The predicted octanol–water partition coefficient (Wildman–Crippen LogP) is 6.04. The highest BCUT2D eigenvalue weighted by molar-refractivity contribution is 7.93. The smallest absolute Gasteiger partial charge is 0.457 e. The second-order valence-corrected chi connectivity index (χ2v) is 12.5. The van der Waals surface area contributed by atoms with E-state index in [1.54, 1.807) is 11.8 Å². The average Bonchev–Trinajstić information content (AvgIpc) is 3.47. The fraction of sp³-hybridized carbons (Fsp3) is 0.591. The number of esters is 1. The number of nitrogens with zero attached hydrogens (tertiary/aromatic N) is 5. The van der Waals surface area contributed by atoms with Crippen molar-refractivity contribution in [2.24, 2.45) is 10.2 Å². The SMILES string of the molecule is CC1CC(C)(C)N(C)c2cc(NS(=O)(=O)C(F)(F)F)c(N=Nc3nnc(C(=O)OC4CCCC4)s3)cc21. The third kappa shape index (κ3) is 5.71. The fourth-order valence-electron chi connectivity index (χ4n) is 4.61. The summed E-state index contributed by atoms with van der Waals surface area (Å²) in [6.07, 6.45) is 4.14. The van der Waals surface area contributed by atoms with Crippen LogP contribution in [0.25, 0.3) is 0 Å². The summed E-state index contributed by atoms with van der Waals surface area (Å²) in [6.45, 7) is 5.95. The lowest BCUT2D eigenvalue weighted by Gasteiger charge is -2.45. The minimum absolute atomic E-state index is 0.0157. The van der Waals surface area contributed by atoms with Crippen LogP contribution in [-0.4, -0.2) is 48.8 Å². The Morgan fingerprint density at radius 3 is 2.54 bits per heavy atom. The Morgan fingerprint density at radius 2 is 1.89 bits per heavy atom. The summed E-state index contributed by atoms with van der Waals surface area (Å²) in [5.41, 5.74) is -4.99. The van der Waals surface area contributed by atoms with Gasteiger partial charge in [0.2, 0.25) is 5.01 Å². The number of hydrogen-bond donors (Lipinski definition) is 1. The molecule has 2 heterocycles. The number of halogens is 3. The predicted molar refractivity (Wildman–Crippen MR) is 132 cm³/mol. The Hall–Kier alpha value is -2.81. The van der Waals surface area contributed by atoms with Crippen LogP contribution in [-0.2, 0) is 14.8 Å². The zero-order valence-electron chi connectivity index (χ0n) is 20.7. The highest BCUT2D eigenvalue weighted by atomic mass is 32.2. The van der Waals surface area contributed by atoms with Gasteiger partial charge >= 0.3 is 21.5 Å². The van der Waals surface area contributed by atoms with Gasteiger partial charge in [-0.3, -0.25) is 4.72 Å². The Labute approximate surface area is 216 Å². The highest BCUT2D eigenvalue weighted by Crippen LogP contribution is 2.47. The van der Waals surface area contributed by atoms with Crippen molar-refractivity contribution in [3.8, 4) is 0 Å². The first kappa shape index (κ1) is 27.2. The molecule has 1 unspecified atom stereocenters. The van der Waals surface area contributed by atoms with Crippen LogP contribution in [0.3, 0.4) is 0 Å². The van der Waals surface area contributed by atoms with E-state index < -0.39 is 21.5 Å². The van der Waals surface area contributed by atoms with E-state index in [0.29, 0.717) is 5.69 Å². The number of benzene rings is 1. The number of carbonyl (C=O) groups excluding carboxylic acids is 1. The van der Waals surface area contributed by atoms with Crippen LogP contribution in [0.5, 0.6) is 0 Å². The Kier molecular flexibility index (Phi) is 7.22. The van der Waals surface area contributed by atoms with Gasteiger partial charge in [0, 0.05) is 18.3 Å². The molecule has 37 heavy (non-hydrogen) atoms. The van der Waals surface area contributed by atoms with E-state index in [0.717, 1.165) is 49.0 Å². The number of alkyl halides is 3. The van der Waals surface area contributed by atoms with Crippen molar-refractivity contribution in [1.82, 2.24) is 10.2 Å². The molecule has 4 rings (SSSR count). The van der Waals surface area contributed by atoms with E-state index in [1.165, 1.54) is 12.1 Å². The van der Waals surface area contributed by atoms with Gasteiger partial charge < -0.3 is 9.64 Å². The monoisotopic (exact) mass is 560 g/mol. The van der Waals surface area contributed by atoms with Crippen molar-refractivity contribution in [2.75, 3.05) is 16.7 Å². The van der Waals surface area contributed by atoms with Crippen molar-refractivity contribution < 1.29 is 31.1 Å². The molecule has 2 aliphatic rings. The number of hydrogen-bond acceptors (Lipinski definition) is 10. The maximum Gasteiger partial charge on any atom is 0.516 e. The summed E-state index contributed by atoms with van der Waals surface area (Å²) in [6, 6.07) is 2.84. The molecule has 2 aromatic rings. The second kappa shape index (κ2) is 9.82. The molecular weight excluding hydrogens is 533 g/mol. The molecule has 1 saturated carbocycles. The van der Waals surface area contributed by atoms with Crippen LogP contribution >= 0.6 is 11.3 Å². The van der Waals surface area contributed by atoms with Crippen molar-refractivity contribution in [1.29, 1.82) is 0 Å². The average molecular weight is 561 g/mol. The van der Waals surface area contributed by atoms with Crippen LogP contribution in [0, 0.1) is 0 Å².